The fraction of sp³-hybridized carbons (Fsp3) is 0.227. The van der Waals surface area contributed by atoms with Gasteiger partial charge in [-0.15, -0.1) is 11.3 Å². The summed E-state index contributed by atoms with van der Waals surface area (Å²) >= 11 is 1.72. The monoisotopic (exact) mass is 405 g/mol. The first kappa shape index (κ1) is 17.9. The summed E-state index contributed by atoms with van der Waals surface area (Å²) in [6, 6.07) is 15.5. The maximum Gasteiger partial charge on any atom is 0.511 e. The average Bonchev–Trinajstić information content (AvgIpc) is 3.17. The van der Waals surface area contributed by atoms with Gasteiger partial charge in [0.2, 0.25) is 0 Å². The van der Waals surface area contributed by atoms with Gasteiger partial charge in [0, 0.05) is 23.9 Å². The van der Waals surface area contributed by atoms with Crippen LogP contribution in [0.25, 0.3) is 31.7 Å². The molecule has 0 spiro atoms. The molecule has 4 aromatic rings. The van der Waals surface area contributed by atoms with Crippen molar-refractivity contribution in [2.45, 2.75) is 19.3 Å². The van der Waals surface area contributed by atoms with Crippen LogP contribution in [-0.2, 0) is 0 Å². The number of anilines is 1. The summed E-state index contributed by atoms with van der Waals surface area (Å²) in [4.78, 5) is 24.1. The lowest BCUT2D eigenvalue weighted by Gasteiger charge is -2.29. The Balaban J connectivity index is 1.68. The molecule has 5 rings (SSSR count). The van der Waals surface area contributed by atoms with Gasteiger partial charge in [-0.1, -0.05) is 18.2 Å². The zero-order chi connectivity index (χ0) is 19.8. The van der Waals surface area contributed by atoms with Crippen molar-refractivity contribution in [1.29, 1.82) is 0 Å². The zero-order valence-corrected chi connectivity index (χ0v) is 16.5. The Hall–Kier alpha value is -3.19. The second kappa shape index (κ2) is 7.33. The zero-order valence-electron chi connectivity index (χ0n) is 15.7. The van der Waals surface area contributed by atoms with Crippen molar-refractivity contribution in [3.63, 3.8) is 0 Å². The molecule has 2 aromatic carbocycles. The van der Waals surface area contributed by atoms with E-state index in [2.05, 4.69) is 23.1 Å². The predicted molar refractivity (Wildman–Crippen MR) is 115 cm³/mol. The number of fused-ring (bicyclic) bond motifs is 2. The van der Waals surface area contributed by atoms with Gasteiger partial charge in [-0.3, -0.25) is 0 Å². The third-order valence-electron chi connectivity index (χ3n) is 5.14. The van der Waals surface area contributed by atoms with E-state index >= 15 is 0 Å². The predicted octanol–water partition coefficient (Wildman–Crippen LogP) is 5.56. The van der Waals surface area contributed by atoms with Crippen molar-refractivity contribution in [2.75, 3.05) is 18.0 Å². The van der Waals surface area contributed by atoms with E-state index in [1.54, 1.807) is 29.5 Å². The largest absolute Gasteiger partial charge is 0.511 e. The van der Waals surface area contributed by atoms with E-state index in [1.807, 2.05) is 12.1 Å². The molecule has 29 heavy (non-hydrogen) atoms. The number of carboxylic acid groups (broad SMARTS) is 1. The van der Waals surface area contributed by atoms with Crippen LogP contribution in [0.3, 0.4) is 0 Å². The summed E-state index contributed by atoms with van der Waals surface area (Å²) in [7, 11) is 0. The van der Waals surface area contributed by atoms with E-state index in [1.165, 1.54) is 16.5 Å². The molecule has 1 N–H and O–H groups in total. The molecular weight excluding hydrogens is 386 g/mol. The van der Waals surface area contributed by atoms with Gasteiger partial charge in [-0.25, -0.2) is 14.8 Å². The molecule has 0 saturated carbocycles. The average molecular weight is 405 g/mol. The Kier molecular flexibility index (Phi) is 4.52. The van der Waals surface area contributed by atoms with Crippen molar-refractivity contribution in [3.8, 4) is 16.3 Å². The van der Waals surface area contributed by atoms with Crippen LogP contribution in [0.2, 0.25) is 0 Å². The Morgan fingerprint density at radius 2 is 1.83 bits per heavy atom. The van der Waals surface area contributed by atoms with Gasteiger partial charge in [0.15, 0.2) is 5.82 Å². The summed E-state index contributed by atoms with van der Waals surface area (Å²) in [5, 5.41) is 10.1. The molecule has 0 bridgehead atoms. The van der Waals surface area contributed by atoms with Crippen LogP contribution in [0.5, 0.6) is 5.75 Å². The smallest absolute Gasteiger partial charge is 0.449 e. The van der Waals surface area contributed by atoms with Crippen molar-refractivity contribution in [3.05, 3.63) is 48.5 Å². The molecule has 1 aliphatic heterocycles. The highest BCUT2D eigenvalue weighted by Gasteiger charge is 2.21. The summed E-state index contributed by atoms with van der Waals surface area (Å²) in [5.74, 6) is 1.11. The molecule has 0 amide bonds. The van der Waals surface area contributed by atoms with Gasteiger partial charge >= 0.3 is 6.16 Å². The summed E-state index contributed by atoms with van der Waals surface area (Å²) in [6.07, 6.45) is 2.16. The molecule has 1 saturated heterocycles. The Morgan fingerprint density at radius 1 is 1.00 bits per heavy atom. The molecule has 0 aliphatic carbocycles. The number of carbonyl (C=O) groups is 1. The fourth-order valence-electron chi connectivity index (χ4n) is 3.78. The first-order chi connectivity index (χ1) is 14.2. The minimum atomic E-state index is -1.34. The molecule has 3 heterocycles. The highest BCUT2D eigenvalue weighted by atomic mass is 32.1. The highest BCUT2D eigenvalue weighted by molar-refractivity contribution is 7.22. The third kappa shape index (κ3) is 3.49. The van der Waals surface area contributed by atoms with E-state index < -0.39 is 6.16 Å². The van der Waals surface area contributed by atoms with Gasteiger partial charge in [0.25, 0.3) is 0 Å². The maximum absolute atomic E-state index is 10.9. The van der Waals surface area contributed by atoms with Crippen LogP contribution in [0.1, 0.15) is 19.3 Å². The van der Waals surface area contributed by atoms with E-state index in [-0.39, 0.29) is 5.75 Å². The summed E-state index contributed by atoms with van der Waals surface area (Å²) < 4.78 is 6.02. The van der Waals surface area contributed by atoms with E-state index in [9.17, 15) is 4.79 Å². The fourth-order valence-corrected chi connectivity index (χ4v) is 4.83. The van der Waals surface area contributed by atoms with Gasteiger partial charge in [-0.2, -0.15) is 0 Å². The number of thiophene rings is 1. The number of nitrogens with zero attached hydrogens (tertiary/aromatic N) is 3. The van der Waals surface area contributed by atoms with Gasteiger partial charge in [0.1, 0.15) is 11.4 Å². The number of rotatable bonds is 3. The maximum atomic E-state index is 10.9. The van der Waals surface area contributed by atoms with Crippen LogP contribution < -0.4 is 9.64 Å². The molecule has 1 fully saturated rings. The van der Waals surface area contributed by atoms with Crippen LogP contribution in [0, 0.1) is 0 Å². The summed E-state index contributed by atoms with van der Waals surface area (Å²) in [5.41, 5.74) is 2.23. The number of aromatic nitrogens is 2. The summed E-state index contributed by atoms with van der Waals surface area (Å²) in [6.45, 7) is 1.90. The quantitative estimate of drug-likeness (QED) is 0.355. The normalized spacial score (nSPS) is 14.4. The minimum Gasteiger partial charge on any atom is -0.449 e. The topological polar surface area (TPSA) is 75.6 Å². The van der Waals surface area contributed by atoms with E-state index in [4.69, 9.17) is 19.8 Å². The minimum absolute atomic E-state index is 0.249. The van der Waals surface area contributed by atoms with Crippen molar-refractivity contribution in [1.82, 2.24) is 9.97 Å². The van der Waals surface area contributed by atoms with Crippen molar-refractivity contribution < 1.29 is 14.6 Å². The van der Waals surface area contributed by atoms with Gasteiger partial charge < -0.3 is 14.7 Å². The second-order valence-electron chi connectivity index (χ2n) is 7.11. The SMILES string of the molecule is O=C(O)Oc1ccc2nc(-c3cc4ccccc4s3)c(N3CCCCC3)nc2c1. The molecule has 146 valence electrons. The highest BCUT2D eigenvalue weighted by Crippen LogP contribution is 2.38. The lowest BCUT2D eigenvalue weighted by molar-refractivity contribution is 0.144. The Bertz CT molecular complexity index is 1180. The molecule has 0 unspecified atom stereocenters. The lowest BCUT2D eigenvalue weighted by Crippen LogP contribution is -2.30. The Labute approximate surface area is 171 Å². The Morgan fingerprint density at radius 3 is 2.62 bits per heavy atom. The van der Waals surface area contributed by atoms with Crippen LogP contribution >= 0.6 is 11.3 Å². The van der Waals surface area contributed by atoms with Crippen molar-refractivity contribution in [2.24, 2.45) is 0 Å². The molecule has 0 radical (unpaired) electrons. The lowest BCUT2D eigenvalue weighted by atomic mass is 10.1. The molecule has 7 heteroatoms. The molecular formula is C22H19N3O3S. The number of benzene rings is 2. The standard InChI is InChI=1S/C22H19N3O3S/c26-22(27)28-15-8-9-16-17(13-15)24-21(25-10-4-1-5-11-25)20(23-16)19-12-14-6-2-3-7-18(14)29-19/h2-3,6-9,12-13H,1,4-5,10-11H2,(H,26,27). The number of piperidine rings is 1. The molecule has 6 nitrogen and oxygen atoms in total. The first-order valence-electron chi connectivity index (χ1n) is 9.64. The number of hydrogen-bond donors (Lipinski definition) is 1. The van der Waals surface area contributed by atoms with Crippen LogP contribution in [0.15, 0.2) is 48.5 Å². The van der Waals surface area contributed by atoms with E-state index in [0.29, 0.717) is 5.52 Å². The van der Waals surface area contributed by atoms with Crippen molar-refractivity contribution >= 4 is 44.4 Å². The van der Waals surface area contributed by atoms with Gasteiger partial charge in [-0.05, 0) is 48.9 Å². The van der Waals surface area contributed by atoms with Crippen LogP contribution in [0.4, 0.5) is 10.6 Å². The number of ether oxygens (including phenoxy) is 1. The first-order valence-corrected chi connectivity index (χ1v) is 10.5. The second-order valence-corrected chi connectivity index (χ2v) is 8.19. The third-order valence-corrected chi connectivity index (χ3v) is 6.26. The van der Waals surface area contributed by atoms with Crippen LogP contribution in [-0.4, -0.2) is 34.3 Å². The number of hydrogen-bond acceptors (Lipinski definition) is 6. The molecule has 2 aromatic heterocycles. The van der Waals surface area contributed by atoms with E-state index in [0.717, 1.165) is 47.8 Å². The van der Waals surface area contributed by atoms with Gasteiger partial charge in [0.05, 0.1) is 15.9 Å². The molecule has 0 atom stereocenters. The molecule has 1 aliphatic rings.